The highest BCUT2D eigenvalue weighted by Gasteiger charge is 2.20. The molecule has 3 heteroatoms. The molecule has 0 spiro atoms. The molecule has 0 bridgehead atoms. The summed E-state index contributed by atoms with van der Waals surface area (Å²) in [6.45, 7) is 2.80. The molecule has 1 saturated carbocycles. The van der Waals surface area contributed by atoms with Crippen LogP contribution in [0.25, 0.3) is 0 Å². The number of hydrogen-bond acceptors (Lipinski definition) is 2. The van der Waals surface area contributed by atoms with Gasteiger partial charge >= 0.3 is 0 Å². The molecule has 0 aliphatic heterocycles. The summed E-state index contributed by atoms with van der Waals surface area (Å²) in [6.07, 6.45) is 7.60. The highest BCUT2D eigenvalue weighted by molar-refractivity contribution is 5.33. The van der Waals surface area contributed by atoms with Gasteiger partial charge in [0.15, 0.2) is 11.6 Å². The molecule has 106 valence electrons. The molecule has 0 unspecified atom stereocenters. The lowest BCUT2D eigenvalue weighted by molar-refractivity contribution is 0.276. The van der Waals surface area contributed by atoms with Crippen molar-refractivity contribution in [1.82, 2.24) is 5.32 Å². The third-order valence-corrected chi connectivity index (χ3v) is 4.20. The van der Waals surface area contributed by atoms with E-state index in [1.807, 2.05) is 0 Å². The van der Waals surface area contributed by atoms with Crippen molar-refractivity contribution >= 4 is 0 Å². The van der Waals surface area contributed by atoms with Crippen molar-refractivity contribution in [2.75, 3.05) is 0 Å². The molecule has 1 aromatic rings. The van der Waals surface area contributed by atoms with E-state index in [2.05, 4.69) is 12.2 Å². The first-order valence-electron chi connectivity index (χ1n) is 7.40. The van der Waals surface area contributed by atoms with E-state index in [0.29, 0.717) is 18.2 Å². The summed E-state index contributed by atoms with van der Waals surface area (Å²) in [7, 11) is 0. The fourth-order valence-electron chi connectivity index (χ4n) is 3.02. The Morgan fingerprint density at radius 1 is 1.26 bits per heavy atom. The number of phenolic OH excluding ortho intramolecular Hbond substituents is 1. The lowest BCUT2D eigenvalue weighted by atomic mass is 9.83. The van der Waals surface area contributed by atoms with E-state index in [-0.39, 0.29) is 5.75 Å². The highest BCUT2D eigenvalue weighted by Crippen LogP contribution is 2.28. The van der Waals surface area contributed by atoms with Crippen LogP contribution in [0, 0.1) is 11.7 Å². The molecule has 0 aromatic heterocycles. The van der Waals surface area contributed by atoms with Gasteiger partial charge in [-0.1, -0.05) is 31.9 Å². The number of para-hydroxylation sites is 1. The fourth-order valence-corrected chi connectivity index (χ4v) is 3.02. The fraction of sp³-hybridized carbons (Fsp3) is 0.625. The quantitative estimate of drug-likeness (QED) is 0.844. The second-order valence-corrected chi connectivity index (χ2v) is 5.63. The predicted molar refractivity (Wildman–Crippen MR) is 75.6 cm³/mol. The largest absolute Gasteiger partial charge is 0.505 e. The average molecular weight is 265 g/mol. The Kier molecular flexibility index (Phi) is 5.20. The van der Waals surface area contributed by atoms with Gasteiger partial charge < -0.3 is 10.4 Å². The molecule has 1 aliphatic rings. The van der Waals surface area contributed by atoms with Crippen molar-refractivity contribution in [1.29, 1.82) is 0 Å². The Labute approximate surface area is 115 Å². The van der Waals surface area contributed by atoms with E-state index in [0.717, 1.165) is 5.92 Å². The summed E-state index contributed by atoms with van der Waals surface area (Å²) in [5.41, 5.74) is 0.649. The third-order valence-electron chi connectivity index (χ3n) is 4.20. The number of benzene rings is 1. The van der Waals surface area contributed by atoms with Crippen LogP contribution in [0.2, 0.25) is 0 Å². The molecule has 2 rings (SSSR count). The molecule has 2 nitrogen and oxygen atoms in total. The van der Waals surface area contributed by atoms with Gasteiger partial charge in [-0.2, -0.15) is 0 Å². The van der Waals surface area contributed by atoms with E-state index in [4.69, 9.17) is 0 Å². The molecular weight excluding hydrogens is 241 g/mol. The van der Waals surface area contributed by atoms with Crippen molar-refractivity contribution < 1.29 is 9.50 Å². The summed E-state index contributed by atoms with van der Waals surface area (Å²) >= 11 is 0. The van der Waals surface area contributed by atoms with Gasteiger partial charge in [-0.25, -0.2) is 4.39 Å². The van der Waals surface area contributed by atoms with Crippen molar-refractivity contribution in [3.63, 3.8) is 0 Å². The average Bonchev–Trinajstić information content (AvgIpc) is 2.42. The first-order chi connectivity index (χ1) is 9.20. The van der Waals surface area contributed by atoms with Gasteiger partial charge in [0.25, 0.3) is 0 Å². The number of hydrogen-bond donors (Lipinski definition) is 2. The number of phenols is 1. The standard InChI is InChI=1S/C16H24FNO/c1-2-4-12-7-9-14(10-8-12)18-11-13-5-3-6-15(17)16(13)19/h3,5-6,12,14,18-19H,2,4,7-11H2,1H3. The molecule has 0 saturated heterocycles. The minimum atomic E-state index is -0.536. The Morgan fingerprint density at radius 2 is 2.00 bits per heavy atom. The monoisotopic (exact) mass is 265 g/mol. The molecular formula is C16H24FNO. The molecule has 0 radical (unpaired) electrons. The first kappa shape index (κ1) is 14.3. The van der Waals surface area contributed by atoms with E-state index < -0.39 is 5.82 Å². The summed E-state index contributed by atoms with van der Waals surface area (Å²) in [5, 5.41) is 13.1. The van der Waals surface area contributed by atoms with Crippen LogP contribution in [-0.2, 0) is 6.54 Å². The summed E-state index contributed by atoms with van der Waals surface area (Å²) in [4.78, 5) is 0. The van der Waals surface area contributed by atoms with Gasteiger partial charge in [0, 0.05) is 18.2 Å². The molecule has 0 atom stereocenters. The third kappa shape index (κ3) is 3.93. The predicted octanol–water partition coefficient (Wildman–Crippen LogP) is 3.98. The lowest BCUT2D eigenvalue weighted by Crippen LogP contribution is -2.32. The summed E-state index contributed by atoms with van der Waals surface area (Å²) in [6, 6.07) is 5.21. The molecule has 1 aliphatic carbocycles. The van der Waals surface area contributed by atoms with Crippen molar-refractivity contribution in [3.05, 3.63) is 29.6 Å². The Bertz CT molecular complexity index is 400. The van der Waals surface area contributed by atoms with E-state index in [1.54, 1.807) is 12.1 Å². The van der Waals surface area contributed by atoms with E-state index >= 15 is 0 Å². The maximum absolute atomic E-state index is 13.2. The minimum absolute atomic E-state index is 0.213. The van der Waals surface area contributed by atoms with Crippen molar-refractivity contribution in [3.8, 4) is 5.75 Å². The van der Waals surface area contributed by atoms with Crippen LogP contribution < -0.4 is 5.32 Å². The molecule has 2 N–H and O–H groups in total. The Hall–Kier alpha value is -1.09. The Balaban J connectivity index is 1.79. The molecule has 1 fully saturated rings. The van der Waals surface area contributed by atoms with Crippen LogP contribution in [0.5, 0.6) is 5.75 Å². The molecule has 1 aromatic carbocycles. The van der Waals surface area contributed by atoms with Gasteiger partial charge in [0.1, 0.15) is 0 Å². The summed E-state index contributed by atoms with van der Waals surface area (Å²) < 4.78 is 13.2. The molecule has 19 heavy (non-hydrogen) atoms. The number of rotatable bonds is 5. The van der Waals surface area contributed by atoms with Gasteiger partial charge in [-0.15, -0.1) is 0 Å². The number of aromatic hydroxyl groups is 1. The van der Waals surface area contributed by atoms with Crippen LogP contribution in [0.4, 0.5) is 4.39 Å². The van der Waals surface area contributed by atoms with Crippen molar-refractivity contribution in [2.45, 2.75) is 58.0 Å². The maximum Gasteiger partial charge on any atom is 0.165 e. The zero-order chi connectivity index (χ0) is 13.7. The van der Waals surface area contributed by atoms with Crippen LogP contribution in [0.3, 0.4) is 0 Å². The summed E-state index contributed by atoms with van der Waals surface area (Å²) in [5.74, 6) is 0.145. The van der Waals surface area contributed by atoms with Gasteiger partial charge in [0.2, 0.25) is 0 Å². The maximum atomic E-state index is 13.2. The second kappa shape index (κ2) is 6.90. The molecule has 0 heterocycles. The zero-order valence-electron chi connectivity index (χ0n) is 11.7. The van der Waals surface area contributed by atoms with Gasteiger partial charge in [-0.05, 0) is 37.7 Å². The number of nitrogens with one attached hydrogen (secondary N) is 1. The highest BCUT2D eigenvalue weighted by atomic mass is 19.1. The molecule has 0 amide bonds. The van der Waals surface area contributed by atoms with Crippen LogP contribution in [-0.4, -0.2) is 11.1 Å². The smallest absolute Gasteiger partial charge is 0.165 e. The lowest BCUT2D eigenvalue weighted by Gasteiger charge is -2.29. The Morgan fingerprint density at radius 3 is 2.68 bits per heavy atom. The van der Waals surface area contributed by atoms with E-state index in [9.17, 15) is 9.50 Å². The zero-order valence-corrected chi connectivity index (χ0v) is 11.7. The van der Waals surface area contributed by atoms with Gasteiger partial charge in [0.05, 0.1) is 0 Å². The van der Waals surface area contributed by atoms with Crippen molar-refractivity contribution in [2.24, 2.45) is 5.92 Å². The van der Waals surface area contributed by atoms with E-state index in [1.165, 1.54) is 44.6 Å². The normalized spacial score (nSPS) is 23.5. The van der Waals surface area contributed by atoms with Gasteiger partial charge in [-0.3, -0.25) is 0 Å². The second-order valence-electron chi connectivity index (χ2n) is 5.63. The van der Waals surface area contributed by atoms with Crippen LogP contribution in [0.1, 0.15) is 51.0 Å². The first-order valence-corrected chi connectivity index (χ1v) is 7.40. The van der Waals surface area contributed by atoms with Crippen LogP contribution in [0.15, 0.2) is 18.2 Å². The minimum Gasteiger partial charge on any atom is -0.505 e. The van der Waals surface area contributed by atoms with Crippen LogP contribution >= 0.6 is 0 Å². The number of halogens is 1. The topological polar surface area (TPSA) is 32.3 Å². The SMILES string of the molecule is CCCC1CCC(NCc2cccc(F)c2O)CC1.